The molecule has 0 amide bonds. The van der Waals surface area contributed by atoms with Gasteiger partial charge in [-0.1, -0.05) is 6.92 Å². The van der Waals surface area contributed by atoms with Crippen LogP contribution in [0.5, 0.6) is 0 Å². The first-order valence-electron chi connectivity index (χ1n) is 6.27. The summed E-state index contributed by atoms with van der Waals surface area (Å²) >= 11 is 1.72. The molecule has 1 N–H and O–H groups in total. The molecule has 2 aromatic rings. The second-order valence-corrected chi connectivity index (χ2v) is 6.41. The van der Waals surface area contributed by atoms with Gasteiger partial charge in [0.15, 0.2) is 10.8 Å². The largest absolute Gasteiger partial charge is 0.462 e. The van der Waals surface area contributed by atoms with Gasteiger partial charge >= 0.3 is 0 Å². The highest BCUT2D eigenvalue weighted by Gasteiger charge is 2.15. The number of aryl methyl sites for hydroxylation is 1. The molecule has 2 aromatic heterocycles. The van der Waals surface area contributed by atoms with Gasteiger partial charge in [-0.3, -0.25) is 0 Å². The van der Waals surface area contributed by atoms with E-state index in [0.29, 0.717) is 0 Å². The minimum Gasteiger partial charge on any atom is -0.462 e. The van der Waals surface area contributed by atoms with Crippen LogP contribution in [0.25, 0.3) is 10.8 Å². The van der Waals surface area contributed by atoms with Crippen LogP contribution in [0.1, 0.15) is 38.3 Å². The summed E-state index contributed by atoms with van der Waals surface area (Å²) in [5, 5.41) is 4.49. The Kier molecular flexibility index (Phi) is 3.88. The molecule has 0 aliphatic heterocycles. The van der Waals surface area contributed by atoms with E-state index >= 15 is 0 Å². The normalized spacial score (nSPS) is 12.0. The van der Waals surface area contributed by atoms with E-state index in [0.717, 1.165) is 23.7 Å². The van der Waals surface area contributed by atoms with Crippen molar-refractivity contribution in [3.05, 3.63) is 29.0 Å². The molecule has 0 spiro atoms. The van der Waals surface area contributed by atoms with Crippen LogP contribution < -0.4 is 5.32 Å². The molecule has 4 heteroatoms. The zero-order valence-corrected chi connectivity index (χ0v) is 12.2. The topological polar surface area (TPSA) is 38.1 Å². The van der Waals surface area contributed by atoms with E-state index < -0.39 is 0 Å². The van der Waals surface area contributed by atoms with Gasteiger partial charge in [-0.25, -0.2) is 4.98 Å². The van der Waals surface area contributed by atoms with E-state index in [1.54, 1.807) is 17.6 Å². The van der Waals surface area contributed by atoms with Crippen molar-refractivity contribution in [2.45, 2.75) is 46.2 Å². The van der Waals surface area contributed by atoms with Crippen LogP contribution in [0.2, 0.25) is 0 Å². The average molecular weight is 264 g/mol. The Morgan fingerprint density at radius 2 is 2.17 bits per heavy atom. The molecule has 0 radical (unpaired) electrons. The maximum absolute atomic E-state index is 5.41. The first kappa shape index (κ1) is 13.3. The van der Waals surface area contributed by atoms with Gasteiger partial charge in [0.25, 0.3) is 0 Å². The van der Waals surface area contributed by atoms with E-state index in [1.165, 1.54) is 10.6 Å². The van der Waals surface area contributed by atoms with E-state index in [-0.39, 0.29) is 5.54 Å². The summed E-state index contributed by atoms with van der Waals surface area (Å²) in [4.78, 5) is 5.96. The third-order valence-electron chi connectivity index (χ3n) is 2.62. The lowest BCUT2D eigenvalue weighted by molar-refractivity contribution is 0.425. The highest BCUT2D eigenvalue weighted by Crippen LogP contribution is 2.29. The van der Waals surface area contributed by atoms with Crippen molar-refractivity contribution in [1.29, 1.82) is 0 Å². The summed E-state index contributed by atoms with van der Waals surface area (Å²) in [7, 11) is 0. The fourth-order valence-electron chi connectivity index (χ4n) is 1.65. The molecule has 2 rings (SSSR count). The molecule has 0 aliphatic carbocycles. The van der Waals surface area contributed by atoms with Crippen LogP contribution >= 0.6 is 11.3 Å². The van der Waals surface area contributed by atoms with Gasteiger partial charge in [0, 0.05) is 17.0 Å². The van der Waals surface area contributed by atoms with Crippen LogP contribution in [0.4, 0.5) is 0 Å². The van der Waals surface area contributed by atoms with E-state index in [1.807, 2.05) is 12.1 Å². The number of thiazole rings is 1. The van der Waals surface area contributed by atoms with Gasteiger partial charge in [-0.2, -0.15) is 0 Å². The molecular formula is C14H20N2OS. The number of aromatic nitrogens is 1. The number of hydrogen-bond acceptors (Lipinski definition) is 4. The second kappa shape index (κ2) is 5.24. The Bertz CT molecular complexity index is 494. The quantitative estimate of drug-likeness (QED) is 0.911. The van der Waals surface area contributed by atoms with Gasteiger partial charge < -0.3 is 9.73 Å². The third-order valence-corrected chi connectivity index (χ3v) is 3.74. The van der Waals surface area contributed by atoms with Crippen molar-refractivity contribution in [2.75, 3.05) is 0 Å². The number of nitrogens with zero attached hydrogens (tertiary/aromatic N) is 1. The highest BCUT2D eigenvalue weighted by atomic mass is 32.1. The summed E-state index contributed by atoms with van der Waals surface area (Å²) in [6.45, 7) is 9.53. The summed E-state index contributed by atoms with van der Waals surface area (Å²) in [5.41, 5.74) is 1.29. The molecule has 0 bridgehead atoms. The van der Waals surface area contributed by atoms with Crippen LogP contribution in [-0.4, -0.2) is 10.5 Å². The van der Waals surface area contributed by atoms with Gasteiger partial charge in [0.2, 0.25) is 0 Å². The molecule has 0 aliphatic rings. The molecular weight excluding hydrogens is 244 g/mol. The second-order valence-electron chi connectivity index (χ2n) is 5.32. The van der Waals surface area contributed by atoms with Crippen LogP contribution in [-0.2, 0) is 13.0 Å². The molecule has 0 saturated heterocycles. The highest BCUT2D eigenvalue weighted by molar-refractivity contribution is 7.15. The van der Waals surface area contributed by atoms with Gasteiger partial charge in [-0.05, 0) is 39.3 Å². The zero-order chi connectivity index (χ0) is 13.2. The fraction of sp³-hybridized carbons (Fsp3) is 0.500. The van der Waals surface area contributed by atoms with Crippen molar-refractivity contribution in [3.63, 3.8) is 0 Å². The lowest BCUT2D eigenvalue weighted by atomic mass is 10.1. The van der Waals surface area contributed by atoms with Crippen molar-refractivity contribution < 1.29 is 4.42 Å². The summed E-state index contributed by atoms with van der Waals surface area (Å²) < 4.78 is 5.41. The number of nitrogens with one attached hydrogen (secondary N) is 1. The van der Waals surface area contributed by atoms with Gasteiger partial charge in [-0.15, -0.1) is 11.3 Å². The maximum Gasteiger partial charge on any atom is 0.162 e. The maximum atomic E-state index is 5.41. The smallest absolute Gasteiger partial charge is 0.162 e. The SMILES string of the molecule is CCc1nc(-c2ccco2)sc1CNC(C)(C)C. The standard InChI is InChI=1S/C14H20N2OS/c1-5-10-12(9-15-14(2,3)4)18-13(16-10)11-7-6-8-17-11/h6-8,15H,5,9H2,1-4H3. The molecule has 0 unspecified atom stereocenters. The molecule has 0 atom stereocenters. The summed E-state index contributed by atoms with van der Waals surface area (Å²) in [5.74, 6) is 0.858. The Morgan fingerprint density at radius 3 is 2.72 bits per heavy atom. The minimum absolute atomic E-state index is 0.125. The summed E-state index contributed by atoms with van der Waals surface area (Å²) in [6.07, 6.45) is 2.65. The molecule has 0 aromatic carbocycles. The minimum atomic E-state index is 0.125. The molecule has 98 valence electrons. The van der Waals surface area contributed by atoms with Crippen molar-refractivity contribution >= 4 is 11.3 Å². The van der Waals surface area contributed by atoms with Crippen molar-refractivity contribution in [1.82, 2.24) is 10.3 Å². The van der Waals surface area contributed by atoms with E-state index in [2.05, 4.69) is 38.0 Å². The van der Waals surface area contributed by atoms with Crippen LogP contribution in [0.15, 0.2) is 22.8 Å². The number of furan rings is 1. The zero-order valence-electron chi connectivity index (χ0n) is 11.4. The van der Waals surface area contributed by atoms with Gasteiger partial charge in [0.1, 0.15) is 0 Å². The van der Waals surface area contributed by atoms with Gasteiger partial charge in [0.05, 0.1) is 12.0 Å². The first-order valence-corrected chi connectivity index (χ1v) is 7.08. The number of rotatable bonds is 4. The predicted molar refractivity (Wildman–Crippen MR) is 75.8 cm³/mol. The first-order chi connectivity index (χ1) is 8.49. The Balaban J connectivity index is 2.20. The molecule has 18 heavy (non-hydrogen) atoms. The van der Waals surface area contributed by atoms with E-state index in [9.17, 15) is 0 Å². The summed E-state index contributed by atoms with van der Waals surface area (Å²) in [6, 6.07) is 3.86. The fourth-order valence-corrected chi connectivity index (χ4v) is 2.71. The molecule has 2 heterocycles. The molecule has 0 fully saturated rings. The Hall–Kier alpha value is -1.13. The van der Waals surface area contributed by atoms with Crippen molar-refractivity contribution in [3.8, 4) is 10.8 Å². The van der Waals surface area contributed by atoms with Crippen molar-refractivity contribution in [2.24, 2.45) is 0 Å². The van der Waals surface area contributed by atoms with Crippen LogP contribution in [0.3, 0.4) is 0 Å². The Labute approximate surface area is 112 Å². The lowest BCUT2D eigenvalue weighted by Crippen LogP contribution is -2.35. The molecule has 3 nitrogen and oxygen atoms in total. The lowest BCUT2D eigenvalue weighted by Gasteiger charge is -2.20. The monoisotopic (exact) mass is 264 g/mol. The van der Waals surface area contributed by atoms with Crippen LogP contribution in [0, 0.1) is 0 Å². The third kappa shape index (κ3) is 3.21. The Morgan fingerprint density at radius 1 is 1.39 bits per heavy atom. The predicted octanol–water partition coefficient (Wildman–Crippen LogP) is 3.85. The average Bonchev–Trinajstić information content (AvgIpc) is 2.94. The number of hydrogen-bond donors (Lipinski definition) is 1. The van der Waals surface area contributed by atoms with E-state index in [4.69, 9.17) is 4.42 Å². The molecule has 0 saturated carbocycles.